The van der Waals surface area contributed by atoms with E-state index in [9.17, 15) is 15.3 Å². The van der Waals surface area contributed by atoms with Gasteiger partial charge in [0.15, 0.2) is 0 Å². The van der Waals surface area contributed by atoms with E-state index in [1.807, 2.05) is 45.0 Å². The fraction of sp³-hybridized carbons (Fsp3) is 0.476. The Kier molecular flexibility index (Phi) is 6.06. The molecule has 8 nitrogen and oxygen atoms in total. The SMILES string of the molecule is CC(C)(C)Nc1nc(Cl)c(-c2nc3ccccc3s2)c(N[C@@H]2C[C@H](CO)[C@@H](O)[C@H]2O)n1. The van der Waals surface area contributed by atoms with Crippen LogP contribution in [-0.2, 0) is 0 Å². The Morgan fingerprint density at radius 3 is 2.52 bits per heavy atom. The van der Waals surface area contributed by atoms with Crippen LogP contribution in [0.2, 0.25) is 5.15 Å². The number of halogens is 1. The smallest absolute Gasteiger partial charge is 0.226 e. The van der Waals surface area contributed by atoms with Gasteiger partial charge >= 0.3 is 0 Å². The molecule has 5 N–H and O–H groups in total. The van der Waals surface area contributed by atoms with Crippen molar-refractivity contribution in [1.29, 1.82) is 0 Å². The zero-order valence-electron chi connectivity index (χ0n) is 17.5. The number of aliphatic hydroxyl groups excluding tert-OH is 3. The lowest BCUT2D eigenvalue weighted by atomic mass is 10.1. The van der Waals surface area contributed by atoms with Gasteiger partial charge in [0.25, 0.3) is 0 Å². The molecule has 1 saturated carbocycles. The predicted octanol–water partition coefficient (Wildman–Crippen LogP) is 3.13. The van der Waals surface area contributed by atoms with Gasteiger partial charge < -0.3 is 26.0 Å². The third kappa shape index (κ3) is 4.61. The summed E-state index contributed by atoms with van der Waals surface area (Å²) in [7, 11) is 0. The zero-order valence-corrected chi connectivity index (χ0v) is 19.1. The summed E-state index contributed by atoms with van der Waals surface area (Å²) in [5.41, 5.74) is 1.10. The molecule has 1 fully saturated rings. The fourth-order valence-corrected chi connectivity index (χ4v) is 5.05. The average Bonchev–Trinajstić information content (AvgIpc) is 3.22. The second-order valence-corrected chi connectivity index (χ2v) is 10.2. The van der Waals surface area contributed by atoms with Crippen LogP contribution in [0.5, 0.6) is 0 Å². The lowest BCUT2D eigenvalue weighted by Crippen LogP contribution is -2.36. The summed E-state index contributed by atoms with van der Waals surface area (Å²) in [4.78, 5) is 13.7. The summed E-state index contributed by atoms with van der Waals surface area (Å²) in [6.45, 7) is 5.76. The molecule has 10 heteroatoms. The molecular weight excluding hydrogens is 438 g/mol. The first kappa shape index (κ1) is 22.2. The number of nitrogens with one attached hydrogen (secondary N) is 2. The molecule has 0 bridgehead atoms. The monoisotopic (exact) mass is 463 g/mol. The van der Waals surface area contributed by atoms with E-state index in [2.05, 4.69) is 20.6 Å². The minimum absolute atomic E-state index is 0.206. The van der Waals surface area contributed by atoms with E-state index in [1.54, 1.807) is 0 Å². The molecular formula is C21H26ClN5O3S. The van der Waals surface area contributed by atoms with Crippen molar-refractivity contribution in [2.24, 2.45) is 5.92 Å². The van der Waals surface area contributed by atoms with Crippen LogP contribution in [0.15, 0.2) is 24.3 Å². The molecule has 31 heavy (non-hydrogen) atoms. The number of aromatic nitrogens is 3. The molecule has 3 aromatic rings. The lowest BCUT2D eigenvalue weighted by Gasteiger charge is -2.23. The normalized spacial score (nSPS) is 24.0. The topological polar surface area (TPSA) is 123 Å². The molecule has 1 aliphatic carbocycles. The lowest BCUT2D eigenvalue weighted by molar-refractivity contribution is 0.00446. The Hall–Kier alpha value is -2.04. The van der Waals surface area contributed by atoms with Crippen LogP contribution >= 0.6 is 22.9 Å². The minimum atomic E-state index is -1.05. The zero-order chi connectivity index (χ0) is 22.3. The Morgan fingerprint density at radius 2 is 1.87 bits per heavy atom. The molecule has 0 amide bonds. The maximum absolute atomic E-state index is 10.5. The number of hydrogen-bond acceptors (Lipinski definition) is 9. The van der Waals surface area contributed by atoms with Gasteiger partial charge in [0.05, 0.1) is 27.9 Å². The van der Waals surface area contributed by atoms with Crippen molar-refractivity contribution in [3.63, 3.8) is 0 Å². The highest BCUT2D eigenvalue weighted by Crippen LogP contribution is 2.40. The molecule has 0 unspecified atom stereocenters. The van der Waals surface area contributed by atoms with Crippen molar-refractivity contribution in [3.8, 4) is 10.6 Å². The minimum Gasteiger partial charge on any atom is -0.396 e. The van der Waals surface area contributed by atoms with Gasteiger partial charge in [0.2, 0.25) is 5.95 Å². The molecule has 0 saturated heterocycles. The number of nitrogens with zero attached hydrogens (tertiary/aromatic N) is 3. The number of para-hydroxylation sites is 1. The van der Waals surface area contributed by atoms with Crippen molar-refractivity contribution in [2.75, 3.05) is 17.2 Å². The number of rotatable bonds is 5. The van der Waals surface area contributed by atoms with E-state index < -0.39 is 24.2 Å². The van der Waals surface area contributed by atoms with Gasteiger partial charge in [-0.25, -0.2) is 9.97 Å². The first-order valence-corrected chi connectivity index (χ1v) is 11.3. The third-order valence-corrected chi connectivity index (χ3v) is 6.55. The van der Waals surface area contributed by atoms with Crippen molar-refractivity contribution in [1.82, 2.24) is 15.0 Å². The Labute approximate surface area is 189 Å². The van der Waals surface area contributed by atoms with Crippen LogP contribution in [0.3, 0.4) is 0 Å². The van der Waals surface area contributed by atoms with Gasteiger partial charge in [-0.05, 0) is 39.3 Å². The molecule has 2 aromatic heterocycles. The van der Waals surface area contributed by atoms with Crippen LogP contribution in [0.4, 0.5) is 11.8 Å². The number of anilines is 2. The van der Waals surface area contributed by atoms with Crippen LogP contribution in [0.1, 0.15) is 27.2 Å². The average molecular weight is 464 g/mol. The van der Waals surface area contributed by atoms with Gasteiger partial charge in [-0.1, -0.05) is 23.7 Å². The number of aliphatic hydroxyl groups is 3. The second kappa shape index (κ2) is 8.48. The van der Waals surface area contributed by atoms with Crippen LogP contribution in [-0.4, -0.2) is 60.7 Å². The number of benzene rings is 1. The quantitative estimate of drug-likeness (QED) is 0.366. The number of fused-ring (bicyclic) bond motifs is 1. The van der Waals surface area contributed by atoms with Gasteiger partial charge in [-0.15, -0.1) is 11.3 Å². The summed E-state index contributed by atoms with van der Waals surface area (Å²) in [6, 6.07) is 7.27. The van der Waals surface area contributed by atoms with Crippen LogP contribution in [0, 0.1) is 5.92 Å². The molecule has 0 spiro atoms. The van der Waals surface area contributed by atoms with Gasteiger partial charge in [-0.2, -0.15) is 4.98 Å². The maximum Gasteiger partial charge on any atom is 0.226 e. The van der Waals surface area contributed by atoms with E-state index >= 15 is 0 Å². The molecule has 166 valence electrons. The van der Waals surface area contributed by atoms with E-state index in [-0.39, 0.29) is 17.3 Å². The number of hydrogen-bond donors (Lipinski definition) is 5. The van der Waals surface area contributed by atoms with Crippen LogP contribution in [0.25, 0.3) is 20.8 Å². The molecule has 1 aromatic carbocycles. The van der Waals surface area contributed by atoms with Crippen LogP contribution < -0.4 is 10.6 Å². The summed E-state index contributed by atoms with van der Waals surface area (Å²) in [5, 5.41) is 37.6. The number of thiazole rings is 1. The van der Waals surface area contributed by atoms with Gasteiger partial charge in [-0.3, -0.25) is 0 Å². The Bertz CT molecular complexity index is 1050. The highest BCUT2D eigenvalue weighted by Gasteiger charge is 2.41. The van der Waals surface area contributed by atoms with E-state index in [1.165, 1.54) is 11.3 Å². The summed E-state index contributed by atoms with van der Waals surface area (Å²) in [6.07, 6.45) is -1.67. The maximum atomic E-state index is 10.5. The first-order chi connectivity index (χ1) is 14.7. The molecule has 4 atom stereocenters. The highest BCUT2D eigenvalue weighted by molar-refractivity contribution is 7.21. The van der Waals surface area contributed by atoms with Gasteiger partial charge in [0.1, 0.15) is 22.1 Å². The van der Waals surface area contributed by atoms with Crippen molar-refractivity contribution in [2.45, 2.75) is 51.0 Å². The third-order valence-electron chi connectivity index (χ3n) is 5.22. The predicted molar refractivity (Wildman–Crippen MR) is 124 cm³/mol. The van der Waals surface area contributed by atoms with E-state index in [4.69, 9.17) is 16.6 Å². The van der Waals surface area contributed by atoms with Crippen molar-refractivity contribution >= 4 is 44.9 Å². The Morgan fingerprint density at radius 1 is 1.13 bits per heavy atom. The summed E-state index contributed by atoms with van der Waals surface area (Å²) >= 11 is 8.09. The standard InChI is InChI=1S/C21H26ClN5O3S/c1-21(2,3)27-20-25-17(22)14(19-24-11-6-4-5-7-13(11)31-19)18(26-20)23-12-8-10(9-28)15(29)16(12)30/h4-7,10,12,15-16,28-30H,8-9H2,1-3H3,(H2,23,25,26,27)/t10-,12-,15-,16+/m1/s1. The second-order valence-electron chi connectivity index (χ2n) is 8.83. The fourth-order valence-electron chi connectivity index (χ4n) is 3.72. The van der Waals surface area contributed by atoms with E-state index in [0.717, 1.165) is 10.2 Å². The van der Waals surface area contributed by atoms with Crippen molar-refractivity contribution < 1.29 is 15.3 Å². The van der Waals surface area contributed by atoms with Gasteiger partial charge in [0, 0.05) is 18.1 Å². The summed E-state index contributed by atoms with van der Waals surface area (Å²) < 4.78 is 1.01. The van der Waals surface area contributed by atoms with E-state index in [0.29, 0.717) is 28.8 Å². The molecule has 0 aliphatic heterocycles. The Balaban J connectivity index is 1.78. The van der Waals surface area contributed by atoms with Crippen molar-refractivity contribution in [3.05, 3.63) is 29.4 Å². The molecule has 2 heterocycles. The molecule has 1 aliphatic rings. The molecule has 0 radical (unpaired) electrons. The molecule has 4 rings (SSSR count). The largest absolute Gasteiger partial charge is 0.396 e. The first-order valence-electron chi connectivity index (χ1n) is 10.1. The highest BCUT2D eigenvalue weighted by atomic mass is 35.5. The summed E-state index contributed by atoms with van der Waals surface area (Å²) in [5.74, 6) is 0.347.